The van der Waals surface area contributed by atoms with E-state index in [9.17, 15) is 10.1 Å². The molecule has 2 N–H and O–H groups in total. The van der Waals surface area contributed by atoms with Gasteiger partial charge in [0, 0.05) is 27.4 Å². The van der Waals surface area contributed by atoms with Crippen LogP contribution in [0.2, 0.25) is 0 Å². The Kier molecular flexibility index (Phi) is 7.61. The summed E-state index contributed by atoms with van der Waals surface area (Å²) in [7, 11) is 0. The predicted molar refractivity (Wildman–Crippen MR) is 152 cm³/mol. The molecule has 0 spiro atoms. The van der Waals surface area contributed by atoms with Crippen LogP contribution in [0.4, 0.5) is 11.4 Å². The lowest BCUT2D eigenvalue weighted by atomic mass is 9.58. The molecule has 2 fully saturated rings. The van der Waals surface area contributed by atoms with Crippen molar-refractivity contribution in [1.29, 1.82) is 5.26 Å². The molecule has 0 bridgehead atoms. The molecular weight excluding hydrogens is 545 g/mol. The van der Waals surface area contributed by atoms with E-state index < -0.39 is 0 Å². The number of piperidine rings is 1. The van der Waals surface area contributed by atoms with Crippen LogP contribution in [-0.2, 0) is 17.6 Å². The summed E-state index contributed by atoms with van der Waals surface area (Å²) in [6.07, 6.45) is 4.43. The number of alkyl halides is 1. The standard InChI is InChI=1S/C30H36IN3O/c1-6-23-24(27-14-28(35)29(19(3)33-27)22-15-30(4,5)16-22)8-7-9-26(23)34-25-11-10-20(17-32)13-21(25)12-18(2)31/h7-11,13,18,22,27,29,33-34H,3,6,12,14-16H2,1-2,4-5H3. The highest BCUT2D eigenvalue weighted by Gasteiger charge is 2.46. The predicted octanol–water partition coefficient (Wildman–Crippen LogP) is 7.40. The fourth-order valence-corrected chi connectivity index (χ4v) is 6.54. The molecule has 184 valence electrons. The number of halogens is 1. The molecule has 2 aliphatic rings. The summed E-state index contributed by atoms with van der Waals surface area (Å²) in [6, 6.07) is 14.4. The van der Waals surface area contributed by atoms with Crippen molar-refractivity contribution in [3.05, 3.63) is 70.9 Å². The van der Waals surface area contributed by atoms with Gasteiger partial charge in [-0.05, 0) is 78.0 Å². The lowest BCUT2D eigenvalue weighted by Gasteiger charge is -2.48. The Morgan fingerprint density at radius 1 is 1.26 bits per heavy atom. The maximum Gasteiger partial charge on any atom is 0.144 e. The summed E-state index contributed by atoms with van der Waals surface area (Å²) in [6.45, 7) is 13.2. The van der Waals surface area contributed by atoms with Gasteiger partial charge in [-0.25, -0.2) is 0 Å². The van der Waals surface area contributed by atoms with E-state index in [1.165, 1.54) is 5.56 Å². The minimum Gasteiger partial charge on any atom is -0.381 e. The van der Waals surface area contributed by atoms with E-state index in [0.717, 1.165) is 53.9 Å². The molecule has 2 aromatic rings. The number of Topliss-reactive ketones (excluding diaryl/α,β-unsaturated/α-hetero) is 1. The van der Waals surface area contributed by atoms with Gasteiger partial charge in [0.1, 0.15) is 5.78 Å². The third kappa shape index (κ3) is 5.58. The molecule has 1 saturated heterocycles. The van der Waals surface area contributed by atoms with Crippen LogP contribution in [0, 0.1) is 28.6 Å². The first kappa shape index (κ1) is 25.8. The number of hydrogen-bond donors (Lipinski definition) is 2. The second-order valence-corrected chi connectivity index (χ2v) is 13.1. The maximum atomic E-state index is 13.3. The van der Waals surface area contributed by atoms with Gasteiger partial charge in [-0.3, -0.25) is 4.79 Å². The van der Waals surface area contributed by atoms with Crippen molar-refractivity contribution >= 4 is 39.7 Å². The second-order valence-electron chi connectivity index (χ2n) is 11.0. The molecule has 0 amide bonds. The van der Waals surface area contributed by atoms with E-state index in [1.54, 1.807) is 0 Å². The summed E-state index contributed by atoms with van der Waals surface area (Å²) in [5.41, 5.74) is 7.52. The number of nitrogens with zero attached hydrogens (tertiary/aromatic N) is 1. The number of nitriles is 1. The third-order valence-electron chi connectivity index (χ3n) is 7.53. The maximum absolute atomic E-state index is 13.3. The third-order valence-corrected chi connectivity index (χ3v) is 7.97. The molecule has 0 radical (unpaired) electrons. The van der Waals surface area contributed by atoms with Crippen LogP contribution >= 0.6 is 22.6 Å². The zero-order valence-corrected chi connectivity index (χ0v) is 23.4. The molecule has 3 unspecified atom stereocenters. The van der Waals surface area contributed by atoms with Gasteiger partial charge in [-0.2, -0.15) is 5.26 Å². The molecule has 1 heterocycles. The minimum absolute atomic E-state index is 0.0501. The van der Waals surface area contributed by atoms with Gasteiger partial charge in [0.25, 0.3) is 0 Å². The van der Waals surface area contributed by atoms with Crippen molar-refractivity contribution in [2.24, 2.45) is 17.3 Å². The zero-order valence-electron chi connectivity index (χ0n) is 21.2. The number of hydrogen-bond acceptors (Lipinski definition) is 4. The van der Waals surface area contributed by atoms with Crippen molar-refractivity contribution in [2.75, 3.05) is 5.32 Å². The molecule has 4 nitrogen and oxygen atoms in total. The van der Waals surface area contributed by atoms with Gasteiger partial charge in [0.2, 0.25) is 0 Å². The number of carbonyl (C=O) groups is 1. The van der Waals surface area contributed by atoms with E-state index in [1.807, 2.05) is 18.2 Å². The number of nitrogens with one attached hydrogen (secondary N) is 2. The molecule has 3 atom stereocenters. The van der Waals surface area contributed by atoms with Gasteiger partial charge in [0.05, 0.1) is 23.6 Å². The lowest BCUT2D eigenvalue weighted by molar-refractivity contribution is -0.128. The summed E-state index contributed by atoms with van der Waals surface area (Å²) >= 11 is 2.43. The number of benzene rings is 2. The molecule has 2 aromatic carbocycles. The Hall–Kier alpha value is -2.33. The van der Waals surface area contributed by atoms with Crippen molar-refractivity contribution in [3.8, 4) is 6.07 Å². The number of anilines is 2. The van der Waals surface area contributed by atoms with Gasteiger partial charge >= 0.3 is 0 Å². The Morgan fingerprint density at radius 2 is 2.00 bits per heavy atom. The minimum atomic E-state index is -0.0536. The molecule has 1 saturated carbocycles. The smallest absolute Gasteiger partial charge is 0.144 e. The van der Waals surface area contributed by atoms with Crippen LogP contribution in [0.15, 0.2) is 48.7 Å². The number of ketones is 1. The van der Waals surface area contributed by atoms with Gasteiger partial charge in [-0.1, -0.05) is 69.0 Å². The normalized spacial score (nSPS) is 22.6. The van der Waals surface area contributed by atoms with Crippen molar-refractivity contribution < 1.29 is 4.79 Å². The average molecular weight is 582 g/mol. The van der Waals surface area contributed by atoms with Gasteiger partial charge in [0.15, 0.2) is 0 Å². The van der Waals surface area contributed by atoms with E-state index >= 15 is 0 Å². The monoisotopic (exact) mass is 581 g/mol. The van der Waals surface area contributed by atoms with Crippen LogP contribution in [-0.4, -0.2) is 9.71 Å². The van der Waals surface area contributed by atoms with Crippen LogP contribution in [0.3, 0.4) is 0 Å². The van der Waals surface area contributed by atoms with Crippen molar-refractivity contribution in [3.63, 3.8) is 0 Å². The summed E-state index contributed by atoms with van der Waals surface area (Å²) < 4.78 is 0.455. The lowest BCUT2D eigenvalue weighted by Crippen LogP contribution is -2.46. The topological polar surface area (TPSA) is 64.9 Å². The fraction of sp³-hybridized carbons (Fsp3) is 0.467. The first-order chi connectivity index (χ1) is 16.6. The number of rotatable bonds is 7. The molecule has 5 heteroatoms. The van der Waals surface area contributed by atoms with E-state index in [4.69, 9.17) is 0 Å². The molecule has 35 heavy (non-hydrogen) atoms. The summed E-state index contributed by atoms with van der Waals surface area (Å²) in [5, 5.41) is 16.7. The average Bonchev–Trinajstić information content (AvgIpc) is 2.78. The van der Waals surface area contributed by atoms with E-state index in [0.29, 0.717) is 33.0 Å². The first-order valence-corrected chi connectivity index (χ1v) is 13.9. The Labute approximate surface area is 223 Å². The highest BCUT2D eigenvalue weighted by molar-refractivity contribution is 14.1. The molecular formula is C30H36IN3O. The Morgan fingerprint density at radius 3 is 2.60 bits per heavy atom. The summed E-state index contributed by atoms with van der Waals surface area (Å²) in [5.74, 6) is 0.694. The Bertz CT molecular complexity index is 1150. The van der Waals surface area contributed by atoms with Crippen LogP contribution < -0.4 is 10.6 Å². The molecule has 0 aromatic heterocycles. The van der Waals surface area contributed by atoms with Gasteiger partial charge in [-0.15, -0.1) is 0 Å². The molecule has 1 aliphatic carbocycles. The van der Waals surface area contributed by atoms with Crippen LogP contribution in [0.25, 0.3) is 0 Å². The molecule has 4 rings (SSSR count). The number of allylic oxidation sites excluding steroid dienone is 1. The molecule has 1 aliphatic heterocycles. The van der Waals surface area contributed by atoms with Crippen LogP contribution in [0.5, 0.6) is 0 Å². The highest BCUT2D eigenvalue weighted by Crippen LogP contribution is 2.51. The fourth-order valence-electron chi connectivity index (χ4n) is 6.06. The Balaban J connectivity index is 1.59. The summed E-state index contributed by atoms with van der Waals surface area (Å²) in [4.78, 5) is 13.3. The SMILES string of the molecule is C=C1NC(c2cccc(Nc3ccc(C#N)cc3CC(C)I)c2CC)CC(=O)C1C1CC(C)(C)C1. The van der Waals surface area contributed by atoms with Crippen molar-refractivity contribution in [2.45, 2.75) is 69.8 Å². The van der Waals surface area contributed by atoms with E-state index in [-0.39, 0.29) is 12.0 Å². The van der Waals surface area contributed by atoms with Gasteiger partial charge < -0.3 is 10.6 Å². The van der Waals surface area contributed by atoms with E-state index in [2.05, 4.69) is 91.8 Å². The highest BCUT2D eigenvalue weighted by atomic mass is 127. The van der Waals surface area contributed by atoms with Crippen LogP contribution in [0.1, 0.15) is 75.3 Å². The largest absolute Gasteiger partial charge is 0.381 e. The second kappa shape index (κ2) is 10.3. The number of carbonyl (C=O) groups excluding carboxylic acids is 1. The quantitative estimate of drug-likeness (QED) is 0.264. The first-order valence-electron chi connectivity index (χ1n) is 12.7. The zero-order chi connectivity index (χ0) is 25.3. The van der Waals surface area contributed by atoms with Crippen molar-refractivity contribution in [1.82, 2.24) is 5.32 Å².